The molecule has 2 rings (SSSR count). The number of rotatable bonds is 5. The lowest BCUT2D eigenvalue weighted by Crippen LogP contribution is -2.44. The van der Waals surface area contributed by atoms with Crippen molar-refractivity contribution in [3.63, 3.8) is 0 Å². The summed E-state index contributed by atoms with van der Waals surface area (Å²) in [7, 11) is 0. The first-order valence-corrected chi connectivity index (χ1v) is 8.53. The van der Waals surface area contributed by atoms with Crippen LogP contribution < -0.4 is 5.32 Å². The van der Waals surface area contributed by atoms with Gasteiger partial charge in [0.2, 0.25) is 5.91 Å². The number of thioether (sulfide) groups is 1. The third kappa shape index (κ3) is 3.76. The molecule has 0 spiro atoms. The summed E-state index contributed by atoms with van der Waals surface area (Å²) in [6, 6.07) is 8.60. The Balaban J connectivity index is 1.91. The van der Waals surface area contributed by atoms with E-state index < -0.39 is 0 Å². The van der Waals surface area contributed by atoms with Crippen LogP contribution in [0.15, 0.2) is 29.2 Å². The van der Waals surface area contributed by atoms with Crippen molar-refractivity contribution in [3.8, 4) is 0 Å². The summed E-state index contributed by atoms with van der Waals surface area (Å²) in [5.41, 5.74) is 1.23. The Morgan fingerprint density at radius 2 is 1.80 bits per heavy atom. The smallest absolute Gasteiger partial charge is 0.239 e. The van der Waals surface area contributed by atoms with E-state index in [0.717, 1.165) is 25.9 Å². The van der Waals surface area contributed by atoms with Gasteiger partial charge in [-0.05, 0) is 50.6 Å². The number of amides is 1. The summed E-state index contributed by atoms with van der Waals surface area (Å²) < 4.78 is 0. The Kier molecular flexibility index (Phi) is 5.49. The monoisotopic (exact) mass is 292 g/mol. The van der Waals surface area contributed by atoms with Crippen molar-refractivity contribution in [3.05, 3.63) is 29.8 Å². The predicted octanol–water partition coefficient (Wildman–Crippen LogP) is 3.07. The summed E-state index contributed by atoms with van der Waals surface area (Å²) in [5.74, 6) is 0.232. The quantitative estimate of drug-likeness (QED) is 0.847. The minimum atomic E-state index is -0.122. The fourth-order valence-corrected chi connectivity index (χ4v) is 3.05. The van der Waals surface area contributed by atoms with Gasteiger partial charge < -0.3 is 4.90 Å². The number of likely N-dealkylation sites (tertiary alicyclic amines) is 1. The summed E-state index contributed by atoms with van der Waals surface area (Å²) >= 11 is 1.74. The summed E-state index contributed by atoms with van der Waals surface area (Å²) in [5, 5.41) is 3.41. The number of carbonyl (C=O) groups excluding carboxylic acids is 1. The Bertz CT molecular complexity index is 440. The van der Waals surface area contributed by atoms with Gasteiger partial charge in [-0.2, -0.15) is 0 Å². The van der Waals surface area contributed by atoms with E-state index in [9.17, 15) is 4.79 Å². The van der Waals surface area contributed by atoms with Gasteiger partial charge in [0.1, 0.15) is 0 Å². The molecule has 1 aliphatic rings. The Hall–Kier alpha value is -1.00. The average Bonchev–Trinajstić information content (AvgIpc) is 3.00. The molecule has 0 aliphatic carbocycles. The van der Waals surface area contributed by atoms with Crippen molar-refractivity contribution in [2.45, 2.75) is 43.7 Å². The molecular formula is C16H24N2OS. The van der Waals surface area contributed by atoms with Gasteiger partial charge >= 0.3 is 0 Å². The van der Waals surface area contributed by atoms with Crippen molar-refractivity contribution in [1.29, 1.82) is 0 Å². The van der Waals surface area contributed by atoms with Gasteiger partial charge in [-0.15, -0.1) is 11.8 Å². The zero-order valence-corrected chi connectivity index (χ0v) is 13.4. The van der Waals surface area contributed by atoms with Crippen LogP contribution in [0.25, 0.3) is 0 Å². The maximum absolute atomic E-state index is 12.3. The van der Waals surface area contributed by atoms with Crippen molar-refractivity contribution in [2.75, 3.05) is 19.3 Å². The topological polar surface area (TPSA) is 32.3 Å². The minimum absolute atomic E-state index is 0.122. The highest BCUT2D eigenvalue weighted by molar-refractivity contribution is 7.98. The van der Waals surface area contributed by atoms with Crippen LogP contribution in [-0.4, -0.2) is 36.2 Å². The minimum Gasteiger partial charge on any atom is -0.341 e. The molecule has 1 aromatic rings. The second-order valence-electron chi connectivity index (χ2n) is 5.42. The van der Waals surface area contributed by atoms with Gasteiger partial charge in [-0.25, -0.2) is 0 Å². The highest BCUT2D eigenvalue weighted by atomic mass is 32.2. The summed E-state index contributed by atoms with van der Waals surface area (Å²) in [4.78, 5) is 15.5. The van der Waals surface area contributed by atoms with E-state index in [1.807, 2.05) is 11.8 Å². The molecule has 1 N–H and O–H groups in total. The first-order chi connectivity index (χ1) is 9.61. The Morgan fingerprint density at radius 1 is 1.20 bits per heavy atom. The molecule has 4 heteroatoms. The van der Waals surface area contributed by atoms with Crippen LogP contribution in [0, 0.1) is 0 Å². The molecule has 1 fully saturated rings. The van der Waals surface area contributed by atoms with Gasteiger partial charge in [-0.1, -0.05) is 12.1 Å². The summed E-state index contributed by atoms with van der Waals surface area (Å²) in [6.45, 7) is 5.92. The third-order valence-electron chi connectivity index (χ3n) is 3.90. The van der Waals surface area contributed by atoms with E-state index >= 15 is 0 Å². The zero-order valence-electron chi connectivity index (χ0n) is 12.6. The second kappa shape index (κ2) is 7.14. The lowest BCUT2D eigenvalue weighted by molar-refractivity contribution is -0.132. The standard InChI is InChI=1S/C16H24N2OS/c1-12(14-6-8-15(20-3)9-7-14)17-13(2)16(19)18-10-4-5-11-18/h6-9,12-13,17H,4-5,10-11H2,1-3H3. The molecule has 2 unspecified atom stereocenters. The molecule has 0 radical (unpaired) electrons. The van der Waals surface area contributed by atoms with Crippen LogP contribution in [0.2, 0.25) is 0 Å². The number of nitrogens with zero attached hydrogens (tertiary/aromatic N) is 1. The van der Waals surface area contributed by atoms with Gasteiger partial charge in [0.15, 0.2) is 0 Å². The molecule has 1 heterocycles. The van der Waals surface area contributed by atoms with Crippen molar-refractivity contribution >= 4 is 17.7 Å². The van der Waals surface area contributed by atoms with Gasteiger partial charge in [-0.3, -0.25) is 10.1 Å². The third-order valence-corrected chi connectivity index (χ3v) is 4.65. The maximum Gasteiger partial charge on any atom is 0.239 e. The molecular weight excluding hydrogens is 268 g/mol. The first kappa shape index (κ1) is 15.4. The summed E-state index contributed by atoms with van der Waals surface area (Å²) in [6.07, 6.45) is 4.36. The van der Waals surface area contributed by atoms with Crippen LogP contribution in [-0.2, 0) is 4.79 Å². The second-order valence-corrected chi connectivity index (χ2v) is 6.30. The van der Waals surface area contributed by atoms with E-state index in [-0.39, 0.29) is 18.0 Å². The Morgan fingerprint density at radius 3 is 2.35 bits per heavy atom. The molecule has 0 aromatic heterocycles. The highest BCUT2D eigenvalue weighted by Crippen LogP contribution is 2.19. The van der Waals surface area contributed by atoms with Crippen LogP contribution in [0.3, 0.4) is 0 Å². The van der Waals surface area contributed by atoms with Crippen molar-refractivity contribution in [1.82, 2.24) is 10.2 Å². The molecule has 3 nitrogen and oxygen atoms in total. The highest BCUT2D eigenvalue weighted by Gasteiger charge is 2.24. The van der Waals surface area contributed by atoms with Gasteiger partial charge in [0, 0.05) is 24.0 Å². The van der Waals surface area contributed by atoms with E-state index in [1.165, 1.54) is 10.5 Å². The number of carbonyl (C=O) groups is 1. The average molecular weight is 292 g/mol. The van der Waals surface area contributed by atoms with E-state index in [2.05, 4.69) is 42.8 Å². The van der Waals surface area contributed by atoms with Crippen LogP contribution in [0.5, 0.6) is 0 Å². The van der Waals surface area contributed by atoms with Crippen LogP contribution >= 0.6 is 11.8 Å². The number of nitrogens with one attached hydrogen (secondary N) is 1. The van der Waals surface area contributed by atoms with Crippen LogP contribution in [0.1, 0.15) is 38.3 Å². The van der Waals surface area contributed by atoms with Crippen molar-refractivity contribution < 1.29 is 4.79 Å². The fraction of sp³-hybridized carbons (Fsp3) is 0.562. The molecule has 0 bridgehead atoms. The van der Waals surface area contributed by atoms with E-state index in [4.69, 9.17) is 0 Å². The van der Waals surface area contributed by atoms with E-state index in [0.29, 0.717) is 0 Å². The SMILES string of the molecule is CSc1ccc(C(C)NC(C)C(=O)N2CCCC2)cc1. The molecule has 110 valence electrons. The molecule has 20 heavy (non-hydrogen) atoms. The number of benzene rings is 1. The van der Waals surface area contributed by atoms with Gasteiger partial charge in [0.05, 0.1) is 6.04 Å². The number of hydrogen-bond donors (Lipinski definition) is 1. The normalized spacial score (nSPS) is 18.1. The number of hydrogen-bond acceptors (Lipinski definition) is 3. The first-order valence-electron chi connectivity index (χ1n) is 7.30. The molecule has 2 atom stereocenters. The lowest BCUT2D eigenvalue weighted by atomic mass is 10.1. The van der Waals surface area contributed by atoms with Crippen molar-refractivity contribution in [2.24, 2.45) is 0 Å². The zero-order chi connectivity index (χ0) is 14.5. The Labute approximate surface area is 126 Å². The fourth-order valence-electron chi connectivity index (χ4n) is 2.65. The molecule has 0 saturated carbocycles. The van der Waals surface area contributed by atoms with Gasteiger partial charge in [0.25, 0.3) is 0 Å². The van der Waals surface area contributed by atoms with Crippen LogP contribution in [0.4, 0.5) is 0 Å². The largest absolute Gasteiger partial charge is 0.341 e. The molecule has 1 saturated heterocycles. The lowest BCUT2D eigenvalue weighted by Gasteiger charge is -2.24. The predicted molar refractivity (Wildman–Crippen MR) is 85.0 cm³/mol. The maximum atomic E-state index is 12.3. The molecule has 1 aliphatic heterocycles. The molecule has 1 amide bonds. The van der Waals surface area contributed by atoms with E-state index in [1.54, 1.807) is 11.8 Å². The molecule has 1 aromatic carbocycles.